The number of anilines is 2. The van der Waals surface area contributed by atoms with Crippen LogP contribution in [-0.4, -0.2) is 16.3 Å². The maximum atomic E-state index is 11.3. The Morgan fingerprint density at radius 1 is 1.16 bits per heavy atom. The van der Waals surface area contributed by atoms with Crippen LogP contribution in [0.4, 0.5) is 11.5 Å². The molecule has 2 aromatic heterocycles. The standard InChI is InChI=1S/C20H19N3OS/c1-14-7-9-18(20(22-14)23-16-5-3-2-4-6-16)17(11-12-24)15-8-10-19(25)21-13-15/h2-10,12-13,17H,11H2,1H3,(H,21,25)(H,22,23). The van der Waals surface area contributed by atoms with E-state index in [9.17, 15) is 4.79 Å². The molecule has 0 saturated carbocycles. The van der Waals surface area contributed by atoms with Crippen LogP contribution in [0.5, 0.6) is 0 Å². The molecule has 1 atom stereocenters. The van der Waals surface area contributed by atoms with E-state index in [2.05, 4.69) is 15.3 Å². The first-order chi connectivity index (χ1) is 12.2. The van der Waals surface area contributed by atoms with E-state index in [1.54, 1.807) is 0 Å². The van der Waals surface area contributed by atoms with Crippen LogP contribution in [0.3, 0.4) is 0 Å². The molecule has 0 fully saturated rings. The summed E-state index contributed by atoms with van der Waals surface area (Å²) < 4.78 is 0.665. The summed E-state index contributed by atoms with van der Waals surface area (Å²) in [6, 6.07) is 17.7. The molecule has 2 heterocycles. The maximum Gasteiger partial charge on any atom is 0.134 e. The smallest absolute Gasteiger partial charge is 0.134 e. The van der Waals surface area contributed by atoms with Crippen LogP contribution < -0.4 is 5.32 Å². The number of aromatic nitrogens is 2. The highest BCUT2D eigenvalue weighted by molar-refractivity contribution is 7.71. The molecule has 2 N–H and O–H groups in total. The Kier molecular flexibility index (Phi) is 5.36. The van der Waals surface area contributed by atoms with Crippen LogP contribution in [0.2, 0.25) is 0 Å². The van der Waals surface area contributed by atoms with Gasteiger partial charge in [-0.05, 0) is 36.8 Å². The van der Waals surface area contributed by atoms with Crippen LogP contribution in [-0.2, 0) is 4.79 Å². The number of hydrogen-bond donors (Lipinski definition) is 2. The van der Waals surface area contributed by atoms with Gasteiger partial charge in [0.25, 0.3) is 0 Å². The van der Waals surface area contributed by atoms with Gasteiger partial charge in [0, 0.05) is 35.5 Å². The lowest BCUT2D eigenvalue weighted by molar-refractivity contribution is -0.108. The minimum absolute atomic E-state index is 0.0938. The predicted octanol–water partition coefficient (Wildman–Crippen LogP) is 4.91. The zero-order valence-electron chi connectivity index (χ0n) is 13.9. The molecule has 3 aromatic rings. The number of nitrogens with one attached hydrogen (secondary N) is 2. The first-order valence-electron chi connectivity index (χ1n) is 8.09. The molecule has 4 nitrogen and oxygen atoms in total. The van der Waals surface area contributed by atoms with Crippen LogP contribution in [0.15, 0.2) is 60.8 Å². The predicted molar refractivity (Wildman–Crippen MR) is 103 cm³/mol. The van der Waals surface area contributed by atoms with Crippen molar-refractivity contribution in [3.8, 4) is 0 Å². The van der Waals surface area contributed by atoms with E-state index < -0.39 is 0 Å². The van der Waals surface area contributed by atoms with Gasteiger partial charge in [-0.15, -0.1) is 0 Å². The minimum Gasteiger partial charge on any atom is -0.353 e. The van der Waals surface area contributed by atoms with E-state index in [1.807, 2.05) is 67.7 Å². The van der Waals surface area contributed by atoms with Gasteiger partial charge >= 0.3 is 0 Å². The summed E-state index contributed by atoms with van der Waals surface area (Å²) in [5.41, 5.74) is 3.85. The van der Waals surface area contributed by atoms with Gasteiger partial charge in [-0.2, -0.15) is 0 Å². The van der Waals surface area contributed by atoms with E-state index >= 15 is 0 Å². The number of pyridine rings is 2. The van der Waals surface area contributed by atoms with E-state index in [4.69, 9.17) is 12.2 Å². The quantitative estimate of drug-likeness (QED) is 0.490. The Morgan fingerprint density at radius 3 is 2.64 bits per heavy atom. The Balaban J connectivity index is 2.05. The van der Waals surface area contributed by atoms with Crippen molar-refractivity contribution >= 4 is 30.0 Å². The number of hydrogen-bond acceptors (Lipinski definition) is 4. The van der Waals surface area contributed by atoms with Crippen molar-refractivity contribution in [2.75, 3.05) is 5.32 Å². The zero-order chi connectivity index (χ0) is 17.6. The molecule has 1 aromatic carbocycles. The summed E-state index contributed by atoms with van der Waals surface area (Å²) >= 11 is 5.12. The molecule has 5 heteroatoms. The lowest BCUT2D eigenvalue weighted by Crippen LogP contribution is -2.08. The highest BCUT2D eigenvalue weighted by Gasteiger charge is 2.19. The third-order valence-electron chi connectivity index (χ3n) is 4.02. The average molecular weight is 349 g/mol. The average Bonchev–Trinajstić information content (AvgIpc) is 2.62. The molecule has 0 aliphatic carbocycles. The van der Waals surface area contributed by atoms with Crippen LogP contribution in [0.25, 0.3) is 0 Å². The molecule has 25 heavy (non-hydrogen) atoms. The van der Waals surface area contributed by atoms with Gasteiger partial charge in [-0.25, -0.2) is 4.98 Å². The highest BCUT2D eigenvalue weighted by atomic mass is 32.1. The summed E-state index contributed by atoms with van der Waals surface area (Å²) in [6.07, 6.45) is 3.18. The summed E-state index contributed by atoms with van der Waals surface area (Å²) in [5.74, 6) is 0.671. The van der Waals surface area contributed by atoms with Gasteiger partial charge < -0.3 is 15.1 Å². The number of benzene rings is 1. The van der Waals surface area contributed by atoms with Crippen molar-refractivity contribution in [3.05, 3.63) is 82.3 Å². The van der Waals surface area contributed by atoms with Crippen LogP contribution in [0.1, 0.15) is 29.2 Å². The summed E-state index contributed by atoms with van der Waals surface area (Å²) in [4.78, 5) is 19.0. The first-order valence-corrected chi connectivity index (χ1v) is 8.50. The Bertz CT molecular complexity index is 901. The van der Waals surface area contributed by atoms with Crippen molar-refractivity contribution in [3.63, 3.8) is 0 Å². The second kappa shape index (κ2) is 7.85. The molecular formula is C20H19N3OS. The van der Waals surface area contributed by atoms with Gasteiger partial charge in [-0.3, -0.25) is 0 Å². The Morgan fingerprint density at radius 2 is 1.96 bits per heavy atom. The molecule has 0 aliphatic heterocycles. The minimum atomic E-state index is -0.0938. The molecule has 0 saturated heterocycles. The Labute approximate surface area is 152 Å². The van der Waals surface area contributed by atoms with Gasteiger partial charge in [-0.1, -0.05) is 42.5 Å². The number of carbonyl (C=O) groups is 1. The third-order valence-corrected chi connectivity index (χ3v) is 4.27. The highest BCUT2D eigenvalue weighted by Crippen LogP contribution is 2.32. The second-order valence-electron chi connectivity index (χ2n) is 5.82. The summed E-state index contributed by atoms with van der Waals surface area (Å²) in [7, 11) is 0. The molecule has 0 amide bonds. The fraction of sp³-hybridized carbons (Fsp3) is 0.150. The monoisotopic (exact) mass is 349 g/mol. The van der Waals surface area contributed by atoms with Crippen molar-refractivity contribution in [1.29, 1.82) is 0 Å². The SMILES string of the molecule is Cc1ccc(C(CC=O)c2ccc(=S)[nH]c2)c(Nc2ccccc2)n1. The van der Waals surface area contributed by atoms with E-state index in [0.717, 1.165) is 34.6 Å². The number of para-hydroxylation sites is 1. The molecule has 0 aliphatic rings. The molecule has 126 valence electrons. The lowest BCUT2D eigenvalue weighted by atomic mass is 9.90. The van der Waals surface area contributed by atoms with Gasteiger partial charge in [0.05, 0.1) is 0 Å². The summed E-state index contributed by atoms with van der Waals surface area (Å²) in [6.45, 7) is 1.95. The maximum absolute atomic E-state index is 11.3. The number of rotatable bonds is 6. The fourth-order valence-corrected chi connectivity index (χ4v) is 2.91. The van der Waals surface area contributed by atoms with Gasteiger partial charge in [0.15, 0.2) is 0 Å². The van der Waals surface area contributed by atoms with Gasteiger partial charge in [0.1, 0.15) is 16.7 Å². The number of aromatic amines is 1. The normalized spacial score (nSPS) is 11.7. The van der Waals surface area contributed by atoms with Crippen LogP contribution >= 0.6 is 12.2 Å². The molecule has 0 bridgehead atoms. The molecule has 3 rings (SSSR count). The number of carbonyl (C=O) groups excluding carboxylic acids is 1. The third kappa shape index (κ3) is 4.19. The van der Waals surface area contributed by atoms with Gasteiger partial charge in [0.2, 0.25) is 0 Å². The largest absolute Gasteiger partial charge is 0.353 e. The number of nitrogens with zero attached hydrogens (tertiary/aromatic N) is 1. The van der Waals surface area contributed by atoms with Crippen molar-refractivity contribution < 1.29 is 4.79 Å². The van der Waals surface area contributed by atoms with E-state index in [1.165, 1.54) is 0 Å². The molecular weight excluding hydrogens is 330 g/mol. The van der Waals surface area contributed by atoms with Crippen molar-refractivity contribution in [1.82, 2.24) is 9.97 Å². The van der Waals surface area contributed by atoms with E-state index in [0.29, 0.717) is 11.1 Å². The Hall–Kier alpha value is -2.79. The van der Waals surface area contributed by atoms with E-state index in [-0.39, 0.29) is 5.92 Å². The molecule has 0 radical (unpaired) electrons. The van der Waals surface area contributed by atoms with Crippen molar-refractivity contribution in [2.45, 2.75) is 19.3 Å². The summed E-state index contributed by atoms with van der Waals surface area (Å²) in [5, 5.41) is 3.38. The molecule has 0 spiro atoms. The van der Waals surface area contributed by atoms with Crippen molar-refractivity contribution in [2.24, 2.45) is 0 Å². The number of aldehydes is 1. The number of H-pyrrole nitrogens is 1. The zero-order valence-corrected chi connectivity index (χ0v) is 14.7. The topological polar surface area (TPSA) is 57.8 Å². The van der Waals surface area contributed by atoms with Crippen LogP contribution in [0, 0.1) is 11.6 Å². The molecule has 1 unspecified atom stereocenters. The lowest BCUT2D eigenvalue weighted by Gasteiger charge is -2.19. The first kappa shape index (κ1) is 17.0. The fourth-order valence-electron chi connectivity index (χ4n) is 2.79. The second-order valence-corrected chi connectivity index (χ2v) is 6.26. The number of aryl methyl sites for hydroxylation is 1.